The third kappa shape index (κ3) is 3.42. The van der Waals surface area contributed by atoms with E-state index in [0.29, 0.717) is 0 Å². The molecule has 1 atom stereocenters. The molecular weight excluding hydrogens is 242 g/mol. The lowest BCUT2D eigenvalue weighted by molar-refractivity contribution is 0.383. The van der Waals surface area contributed by atoms with E-state index >= 15 is 0 Å². The molecule has 0 amide bonds. The molecule has 1 heterocycles. The van der Waals surface area contributed by atoms with Gasteiger partial charge in [0, 0.05) is 11.6 Å². The number of hydrogen-bond donors (Lipinski definition) is 1. The number of benzene rings is 1. The fraction of sp³-hybridized carbons (Fsp3) is 0.600. The summed E-state index contributed by atoms with van der Waals surface area (Å²) < 4.78 is 5.43. The Morgan fingerprint density at radius 3 is 2.78 bits per heavy atom. The van der Waals surface area contributed by atoms with Crippen molar-refractivity contribution < 1.29 is 4.74 Å². The van der Waals surface area contributed by atoms with Crippen LogP contribution in [0.5, 0.6) is 5.75 Å². The lowest BCUT2D eigenvalue weighted by Crippen LogP contribution is -2.19. The molecule has 0 aromatic heterocycles. The van der Waals surface area contributed by atoms with Crippen molar-refractivity contribution in [3.05, 3.63) is 29.3 Å². The normalized spacial score (nSPS) is 18.6. The number of rotatable bonds is 4. The molecule has 1 aromatic carbocycles. The van der Waals surface area contributed by atoms with Gasteiger partial charge in [-0.15, -0.1) is 0 Å². The molecule has 3 heteroatoms. The Balaban J connectivity index is 2.07. The maximum absolute atomic E-state index is 6.38. The molecule has 0 spiro atoms. The Kier molecular flexibility index (Phi) is 4.95. The van der Waals surface area contributed by atoms with Gasteiger partial charge in [-0.2, -0.15) is 11.8 Å². The SMILES string of the molecule is COc1ccc(C)cc1C(N)CC1CCSCC1. The molecule has 18 heavy (non-hydrogen) atoms. The minimum Gasteiger partial charge on any atom is -0.496 e. The fourth-order valence-corrected chi connectivity index (χ4v) is 3.82. The molecule has 2 N–H and O–H groups in total. The van der Waals surface area contributed by atoms with Crippen LogP contribution < -0.4 is 10.5 Å². The van der Waals surface area contributed by atoms with E-state index in [4.69, 9.17) is 10.5 Å². The van der Waals surface area contributed by atoms with E-state index in [2.05, 4.69) is 30.8 Å². The Labute approximate surface area is 114 Å². The zero-order chi connectivity index (χ0) is 13.0. The van der Waals surface area contributed by atoms with Gasteiger partial charge in [-0.05, 0) is 49.7 Å². The molecule has 0 radical (unpaired) electrons. The molecule has 2 rings (SSSR count). The van der Waals surface area contributed by atoms with Gasteiger partial charge in [-0.25, -0.2) is 0 Å². The van der Waals surface area contributed by atoms with Crippen LogP contribution in [0.25, 0.3) is 0 Å². The topological polar surface area (TPSA) is 35.2 Å². The molecule has 1 unspecified atom stereocenters. The predicted molar refractivity (Wildman–Crippen MR) is 79.3 cm³/mol. The van der Waals surface area contributed by atoms with Crippen LogP contribution in [0.3, 0.4) is 0 Å². The van der Waals surface area contributed by atoms with E-state index in [9.17, 15) is 0 Å². The molecule has 0 bridgehead atoms. The molecule has 1 aromatic rings. The first kappa shape index (κ1) is 13.8. The van der Waals surface area contributed by atoms with Crippen molar-refractivity contribution >= 4 is 11.8 Å². The third-order valence-corrected chi connectivity index (χ3v) is 4.76. The average Bonchev–Trinajstić information content (AvgIpc) is 2.40. The number of nitrogens with two attached hydrogens (primary N) is 1. The lowest BCUT2D eigenvalue weighted by atomic mass is 9.90. The van der Waals surface area contributed by atoms with E-state index in [0.717, 1.165) is 23.7 Å². The molecule has 1 fully saturated rings. The zero-order valence-corrected chi connectivity index (χ0v) is 12.1. The monoisotopic (exact) mass is 265 g/mol. The smallest absolute Gasteiger partial charge is 0.123 e. The first-order valence-electron chi connectivity index (χ1n) is 6.68. The Hall–Kier alpha value is -0.670. The van der Waals surface area contributed by atoms with Gasteiger partial charge in [-0.3, -0.25) is 0 Å². The summed E-state index contributed by atoms with van der Waals surface area (Å²) in [6.07, 6.45) is 3.71. The molecule has 1 saturated heterocycles. The quantitative estimate of drug-likeness (QED) is 0.904. The fourth-order valence-electron chi connectivity index (χ4n) is 2.61. The highest BCUT2D eigenvalue weighted by Crippen LogP contribution is 2.33. The van der Waals surface area contributed by atoms with Gasteiger partial charge in [-0.1, -0.05) is 17.7 Å². The van der Waals surface area contributed by atoms with Gasteiger partial charge < -0.3 is 10.5 Å². The maximum Gasteiger partial charge on any atom is 0.123 e. The van der Waals surface area contributed by atoms with Crippen molar-refractivity contribution in [2.75, 3.05) is 18.6 Å². The number of thioether (sulfide) groups is 1. The third-order valence-electron chi connectivity index (χ3n) is 3.71. The van der Waals surface area contributed by atoms with Crippen LogP contribution >= 0.6 is 11.8 Å². The summed E-state index contributed by atoms with van der Waals surface area (Å²) in [6.45, 7) is 2.10. The van der Waals surface area contributed by atoms with E-state index in [1.54, 1.807) is 7.11 Å². The van der Waals surface area contributed by atoms with E-state index in [-0.39, 0.29) is 6.04 Å². The first-order chi connectivity index (χ1) is 8.70. The van der Waals surface area contributed by atoms with E-state index < -0.39 is 0 Å². The average molecular weight is 265 g/mol. The summed E-state index contributed by atoms with van der Waals surface area (Å²) in [5, 5.41) is 0. The van der Waals surface area contributed by atoms with Gasteiger partial charge in [0.25, 0.3) is 0 Å². The van der Waals surface area contributed by atoms with Crippen LogP contribution in [0.4, 0.5) is 0 Å². The largest absolute Gasteiger partial charge is 0.496 e. The molecular formula is C15H23NOS. The van der Waals surface area contributed by atoms with Crippen molar-refractivity contribution in [2.45, 2.75) is 32.2 Å². The van der Waals surface area contributed by atoms with Crippen LogP contribution in [-0.4, -0.2) is 18.6 Å². The number of methoxy groups -OCH3 is 1. The van der Waals surface area contributed by atoms with Crippen molar-refractivity contribution in [1.29, 1.82) is 0 Å². The van der Waals surface area contributed by atoms with Crippen molar-refractivity contribution in [3.63, 3.8) is 0 Å². The number of hydrogen-bond acceptors (Lipinski definition) is 3. The van der Waals surface area contributed by atoms with E-state index in [1.807, 2.05) is 6.07 Å². The highest BCUT2D eigenvalue weighted by atomic mass is 32.2. The maximum atomic E-state index is 6.38. The van der Waals surface area contributed by atoms with E-state index in [1.165, 1.54) is 29.9 Å². The molecule has 2 nitrogen and oxygen atoms in total. The summed E-state index contributed by atoms with van der Waals surface area (Å²) in [4.78, 5) is 0. The molecule has 1 aliphatic rings. The second kappa shape index (κ2) is 6.48. The minimum atomic E-state index is 0.105. The summed E-state index contributed by atoms with van der Waals surface area (Å²) >= 11 is 2.07. The Morgan fingerprint density at radius 1 is 1.39 bits per heavy atom. The van der Waals surface area contributed by atoms with Crippen LogP contribution in [0.15, 0.2) is 18.2 Å². The molecule has 0 aliphatic carbocycles. The molecule has 1 aliphatic heterocycles. The van der Waals surface area contributed by atoms with Crippen LogP contribution in [0.1, 0.15) is 36.4 Å². The highest BCUT2D eigenvalue weighted by molar-refractivity contribution is 7.99. The summed E-state index contributed by atoms with van der Waals surface area (Å²) in [7, 11) is 1.72. The van der Waals surface area contributed by atoms with Crippen LogP contribution in [0.2, 0.25) is 0 Å². The van der Waals surface area contributed by atoms with Gasteiger partial charge in [0.1, 0.15) is 5.75 Å². The first-order valence-corrected chi connectivity index (χ1v) is 7.84. The number of aryl methyl sites for hydroxylation is 1. The van der Waals surface area contributed by atoms with Gasteiger partial charge in [0.2, 0.25) is 0 Å². The predicted octanol–water partition coefficient (Wildman–Crippen LogP) is 3.54. The Morgan fingerprint density at radius 2 is 2.11 bits per heavy atom. The summed E-state index contributed by atoms with van der Waals surface area (Å²) in [5.41, 5.74) is 8.80. The van der Waals surface area contributed by atoms with Crippen LogP contribution in [0, 0.1) is 12.8 Å². The summed E-state index contributed by atoms with van der Waals surface area (Å²) in [5.74, 6) is 4.30. The van der Waals surface area contributed by atoms with Crippen molar-refractivity contribution in [2.24, 2.45) is 11.7 Å². The van der Waals surface area contributed by atoms with Gasteiger partial charge in [0.15, 0.2) is 0 Å². The highest BCUT2D eigenvalue weighted by Gasteiger charge is 2.20. The van der Waals surface area contributed by atoms with Crippen molar-refractivity contribution in [3.8, 4) is 5.75 Å². The zero-order valence-electron chi connectivity index (χ0n) is 11.3. The summed E-state index contributed by atoms with van der Waals surface area (Å²) in [6, 6.07) is 6.38. The molecule has 100 valence electrons. The van der Waals surface area contributed by atoms with Gasteiger partial charge >= 0.3 is 0 Å². The van der Waals surface area contributed by atoms with Crippen LogP contribution in [-0.2, 0) is 0 Å². The van der Waals surface area contributed by atoms with Gasteiger partial charge in [0.05, 0.1) is 7.11 Å². The standard InChI is InChI=1S/C15H23NOS/c1-11-3-4-15(17-2)13(9-11)14(16)10-12-5-7-18-8-6-12/h3-4,9,12,14H,5-8,10,16H2,1-2H3. The minimum absolute atomic E-state index is 0.105. The second-order valence-corrected chi connectivity index (χ2v) is 6.37. The number of ether oxygens (including phenoxy) is 1. The second-order valence-electron chi connectivity index (χ2n) is 5.14. The Bertz CT molecular complexity index is 388. The lowest BCUT2D eigenvalue weighted by Gasteiger charge is -2.25. The molecule has 0 saturated carbocycles. The van der Waals surface area contributed by atoms with Crippen molar-refractivity contribution in [1.82, 2.24) is 0 Å².